The first kappa shape index (κ1) is 26.4. The van der Waals surface area contributed by atoms with Gasteiger partial charge in [-0.25, -0.2) is 4.79 Å². The summed E-state index contributed by atoms with van der Waals surface area (Å²) in [5, 5.41) is 5.57. The normalized spacial score (nSPS) is 23.4. The minimum Gasteiger partial charge on any atom is -0.456 e. The van der Waals surface area contributed by atoms with Gasteiger partial charge in [-0.05, 0) is 60.8 Å². The summed E-state index contributed by atoms with van der Waals surface area (Å²) in [5.74, 6) is -1.31. The Morgan fingerprint density at radius 3 is 2.40 bits per heavy atom. The van der Waals surface area contributed by atoms with Gasteiger partial charge in [0.25, 0.3) is 5.91 Å². The number of imide groups is 1. The molecule has 1 saturated carbocycles. The molecule has 2 fully saturated rings. The van der Waals surface area contributed by atoms with Gasteiger partial charge < -0.3 is 15.4 Å². The van der Waals surface area contributed by atoms with Gasteiger partial charge >= 0.3 is 12.0 Å². The number of carbonyl (C=O) groups excluding carboxylic acids is 5. The summed E-state index contributed by atoms with van der Waals surface area (Å²) in [6, 6.07) is 5.67. The van der Waals surface area contributed by atoms with Crippen molar-refractivity contribution >= 4 is 35.3 Å². The number of nitrogens with one attached hydrogen (secondary N) is 2. The molecule has 0 bridgehead atoms. The predicted molar refractivity (Wildman–Crippen MR) is 130 cm³/mol. The van der Waals surface area contributed by atoms with Crippen molar-refractivity contribution in [2.45, 2.75) is 65.8 Å². The van der Waals surface area contributed by atoms with Crippen molar-refractivity contribution in [3.8, 4) is 0 Å². The van der Waals surface area contributed by atoms with Gasteiger partial charge in [0.05, 0.1) is 0 Å². The maximum Gasteiger partial charge on any atom is 0.326 e. The first-order valence-corrected chi connectivity index (χ1v) is 12.0. The molecule has 1 spiro atoms. The van der Waals surface area contributed by atoms with Gasteiger partial charge in [-0.3, -0.25) is 24.1 Å². The molecular formula is C26H35N3O6. The number of rotatable bonds is 8. The second-order valence-corrected chi connectivity index (χ2v) is 11.1. The summed E-state index contributed by atoms with van der Waals surface area (Å²) in [5.41, 5.74) is -0.235. The summed E-state index contributed by atoms with van der Waals surface area (Å²) in [4.78, 5) is 63.2. The number of Topliss-reactive ketones (excluding diaryl/α,β-unsaturated/α-hetero) is 1. The predicted octanol–water partition coefficient (Wildman–Crippen LogP) is 3.53. The maximum atomic E-state index is 13.1. The highest BCUT2D eigenvalue weighted by atomic mass is 16.5. The average molecular weight is 486 g/mol. The van der Waals surface area contributed by atoms with Crippen LogP contribution in [0.4, 0.5) is 10.5 Å². The lowest BCUT2D eigenvalue weighted by atomic mass is 9.64. The third-order valence-corrected chi connectivity index (χ3v) is 6.36. The van der Waals surface area contributed by atoms with E-state index in [1.54, 1.807) is 12.1 Å². The Balaban J connectivity index is 1.53. The summed E-state index contributed by atoms with van der Waals surface area (Å²) in [6.45, 7) is 9.02. The molecule has 9 heteroatoms. The van der Waals surface area contributed by atoms with Crippen molar-refractivity contribution in [3.63, 3.8) is 0 Å². The topological polar surface area (TPSA) is 122 Å². The van der Waals surface area contributed by atoms with Crippen molar-refractivity contribution < 1.29 is 28.7 Å². The Morgan fingerprint density at radius 2 is 1.80 bits per heavy atom. The second kappa shape index (κ2) is 10.2. The summed E-state index contributed by atoms with van der Waals surface area (Å²) < 4.78 is 5.06. The first-order chi connectivity index (χ1) is 16.3. The van der Waals surface area contributed by atoms with Crippen LogP contribution < -0.4 is 10.6 Å². The molecule has 1 heterocycles. The van der Waals surface area contributed by atoms with Gasteiger partial charge in [-0.15, -0.1) is 0 Å². The molecule has 2 unspecified atom stereocenters. The quantitative estimate of drug-likeness (QED) is 0.330. The van der Waals surface area contributed by atoms with Crippen LogP contribution in [0.1, 0.15) is 70.7 Å². The second-order valence-electron chi connectivity index (χ2n) is 11.1. The zero-order valence-corrected chi connectivity index (χ0v) is 21.1. The molecule has 9 nitrogen and oxygen atoms in total. The van der Waals surface area contributed by atoms with Gasteiger partial charge in [-0.2, -0.15) is 0 Å². The van der Waals surface area contributed by atoms with E-state index in [0.717, 1.165) is 11.3 Å². The Morgan fingerprint density at radius 1 is 1.14 bits per heavy atom. The minimum atomic E-state index is -0.999. The maximum absolute atomic E-state index is 13.1. The number of benzene rings is 1. The number of nitrogens with zero attached hydrogens (tertiary/aromatic N) is 1. The monoisotopic (exact) mass is 485 g/mol. The molecule has 190 valence electrons. The molecule has 35 heavy (non-hydrogen) atoms. The molecule has 1 aromatic rings. The van der Waals surface area contributed by atoms with E-state index in [-0.39, 0.29) is 23.2 Å². The Kier molecular flexibility index (Phi) is 7.67. The van der Waals surface area contributed by atoms with Crippen LogP contribution in [0, 0.1) is 17.3 Å². The molecule has 1 aliphatic heterocycles. The van der Waals surface area contributed by atoms with Crippen LogP contribution in [0.3, 0.4) is 0 Å². The molecule has 2 atom stereocenters. The number of ether oxygens (including phenoxy) is 1. The van der Waals surface area contributed by atoms with Crippen molar-refractivity contribution in [2.75, 3.05) is 18.5 Å². The van der Waals surface area contributed by atoms with Crippen LogP contribution in [0.2, 0.25) is 0 Å². The Hall–Kier alpha value is -3.23. The van der Waals surface area contributed by atoms with Crippen LogP contribution in [-0.4, -0.2) is 53.2 Å². The summed E-state index contributed by atoms with van der Waals surface area (Å²) in [7, 11) is 0. The van der Waals surface area contributed by atoms with E-state index >= 15 is 0 Å². The molecule has 1 aromatic carbocycles. The van der Waals surface area contributed by atoms with Crippen LogP contribution >= 0.6 is 0 Å². The lowest BCUT2D eigenvalue weighted by Crippen LogP contribution is -2.54. The Labute approximate surface area is 205 Å². The van der Waals surface area contributed by atoms with Crippen molar-refractivity contribution in [3.05, 3.63) is 29.8 Å². The molecule has 1 aliphatic carbocycles. The number of carbonyl (C=O) groups is 5. The van der Waals surface area contributed by atoms with Gasteiger partial charge in [0.1, 0.15) is 12.1 Å². The summed E-state index contributed by atoms with van der Waals surface area (Å²) >= 11 is 0. The van der Waals surface area contributed by atoms with Crippen LogP contribution in [-0.2, 0) is 19.1 Å². The molecule has 4 amide bonds. The van der Waals surface area contributed by atoms with E-state index in [1.165, 1.54) is 12.1 Å². The fraction of sp³-hybridized carbons (Fsp3) is 0.577. The number of amides is 4. The van der Waals surface area contributed by atoms with E-state index in [4.69, 9.17) is 4.74 Å². The van der Waals surface area contributed by atoms with Crippen LogP contribution in [0.15, 0.2) is 24.3 Å². The van der Waals surface area contributed by atoms with E-state index < -0.39 is 42.4 Å². The number of hydrogen-bond acceptors (Lipinski definition) is 6. The van der Waals surface area contributed by atoms with Gasteiger partial charge in [0, 0.05) is 17.7 Å². The fourth-order valence-corrected chi connectivity index (χ4v) is 5.38. The smallest absolute Gasteiger partial charge is 0.326 e. The van der Waals surface area contributed by atoms with E-state index in [0.29, 0.717) is 30.5 Å². The molecule has 0 radical (unpaired) electrons. The van der Waals surface area contributed by atoms with Crippen molar-refractivity contribution in [1.82, 2.24) is 10.2 Å². The highest BCUT2D eigenvalue weighted by Gasteiger charge is 2.56. The molecule has 2 aliphatic rings. The zero-order valence-electron chi connectivity index (χ0n) is 21.1. The molecule has 3 rings (SSSR count). The van der Waals surface area contributed by atoms with Gasteiger partial charge in [-0.1, -0.05) is 34.6 Å². The number of ketones is 1. The Bertz CT molecular complexity index is 1020. The van der Waals surface area contributed by atoms with E-state index in [2.05, 4.69) is 31.4 Å². The molecule has 2 N–H and O–H groups in total. The zero-order chi connectivity index (χ0) is 26.0. The van der Waals surface area contributed by atoms with E-state index in [9.17, 15) is 24.0 Å². The third-order valence-electron chi connectivity index (χ3n) is 6.36. The fourth-order valence-electron chi connectivity index (χ4n) is 5.38. The largest absolute Gasteiger partial charge is 0.456 e. The average Bonchev–Trinajstić information content (AvgIpc) is 2.93. The highest BCUT2D eigenvalue weighted by Crippen LogP contribution is 2.46. The summed E-state index contributed by atoms with van der Waals surface area (Å²) in [6.07, 6.45) is 2.38. The number of esters is 1. The minimum absolute atomic E-state index is 0.110. The van der Waals surface area contributed by atoms with Crippen LogP contribution in [0.25, 0.3) is 0 Å². The number of hydrogen-bond donors (Lipinski definition) is 2. The molecule has 1 saturated heterocycles. The molecule has 0 aromatic heterocycles. The number of anilines is 1. The van der Waals surface area contributed by atoms with Gasteiger partial charge in [0.15, 0.2) is 12.4 Å². The SMILES string of the molecule is CC(C)CC(=O)Nc1ccc(C(=O)COC(=O)CN2C(=O)NC3(CC(C)CC(C)(C)C3)C2=O)cc1. The lowest BCUT2D eigenvalue weighted by molar-refractivity contribution is -0.147. The highest BCUT2D eigenvalue weighted by molar-refractivity contribution is 6.09. The third kappa shape index (κ3) is 6.46. The van der Waals surface area contributed by atoms with Crippen LogP contribution in [0.5, 0.6) is 0 Å². The van der Waals surface area contributed by atoms with E-state index in [1.807, 2.05) is 13.8 Å². The van der Waals surface area contributed by atoms with Crippen molar-refractivity contribution in [2.24, 2.45) is 17.3 Å². The molecular weight excluding hydrogens is 450 g/mol. The lowest BCUT2D eigenvalue weighted by Gasteiger charge is -2.43. The number of urea groups is 1. The first-order valence-electron chi connectivity index (χ1n) is 12.0. The standard InChI is InChI=1S/C26H35N3O6/c1-16(2)10-21(31)27-19-8-6-18(7-9-19)20(30)14-35-22(32)13-29-23(33)26(28-24(29)34)12-17(3)11-25(4,5)15-26/h6-9,16-17H,10-15H2,1-5H3,(H,27,31)(H,28,34). The van der Waals surface area contributed by atoms with Crippen molar-refractivity contribution in [1.29, 1.82) is 0 Å². The van der Waals surface area contributed by atoms with Gasteiger partial charge in [0.2, 0.25) is 5.91 Å².